The van der Waals surface area contributed by atoms with Crippen molar-refractivity contribution in [1.29, 1.82) is 0 Å². The number of anilines is 1. The monoisotopic (exact) mass is 271 g/mol. The summed E-state index contributed by atoms with van der Waals surface area (Å²) in [6.45, 7) is 6.55. The highest BCUT2D eigenvalue weighted by molar-refractivity contribution is 5.42. The summed E-state index contributed by atoms with van der Waals surface area (Å²) in [4.78, 5) is 9.03. The Kier molecular flexibility index (Phi) is 3.69. The van der Waals surface area contributed by atoms with Crippen LogP contribution in [0, 0.1) is 0 Å². The average Bonchev–Trinajstić information content (AvgIpc) is 2.94. The lowest BCUT2D eigenvalue weighted by Crippen LogP contribution is -2.47. The minimum absolute atomic E-state index is 0.453. The molecular weight excluding hydrogens is 250 g/mol. The third-order valence-corrected chi connectivity index (χ3v) is 4.11. The molecule has 0 radical (unpaired) electrons. The minimum Gasteiger partial charge on any atom is -0.366 e. The highest BCUT2D eigenvalue weighted by Gasteiger charge is 2.22. The van der Waals surface area contributed by atoms with Crippen LogP contribution in [0.3, 0.4) is 0 Å². The summed E-state index contributed by atoms with van der Waals surface area (Å²) in [6, 6.07) is 4.67. The zero-order chi connectivity index (χ0) is 13.9. The van der Waals surface area contributed by atoms with Crippen LogP contribution in [-0.4, -0.2) is 45.8 Å². The molecule has 1 fully saturated rings. The molecule has 1 unspecified atom stereocenters. The van der Waals surface area contributed by atoms with Crippen LogP contribution in [0.1, 0.15) is 18.5 Å². The van der Waals surface area contributed by atoms with Crippen molar-refractivity contribution >= 4 is 5.69 Å². The van der Waals surface area contributed by atoms with Gasteiger partial charge in [0.05, 0.1) is 11.9 Å². The Labute approximate surface area is 119 Å². The van der Waals surface area contributed by atoms with Crippen LogP contribution < -0.4 is 4.90 Å². The molecule has 0 saturated carbocycles. The Balaban J connectivity index is 1.61. The van der Waals surface area contributed by atoms with Gasteiger partial charge in [-0.3, -0.25) is 14.6 Å². The Bertz CT molecular complexity index is 542. The van der Waals surface area contributed by atoms with Crippen molar-refractivity contribution in [3.05, 3.63) is 42.5 Å². The SMILES string of the molecule is CC(c1ccncc1)N1CCN(c2cnn(C)c2)CC1. The van der Waals surface area contributed by atoms with Gasteiger partial charge in [0.25, 0.3) is 0 Å². The second-order valence-electron chi connectivity index (χ2n) is 5.35. The number of aryl methyl sites for hydroxylation is 1. The van der Waals surface area contributed by atoms with Gasteiger partial charge in [0.1, 0.15) is 0 Å². The molecule has 1 atom stereocenters. The van der Waals surface area contributed by atoms with E-state index in [1.807, 2.05) is 30.3 Å². The van der Waals surface area contributed by atoms with Gasteiger partial charge >= 0.3 is 0 Å². The van der Waals surface area contributed by atoms with Crippen LogP contribution in [0.5, 0.6) is 0 Å². The van der Waals surface area contributed by atoms with E-state index in [1.54, 1.807) is 0 Å². The molecule has 1 aliphatic rings. The molecule has 1 saturated heterocycles. The van der Waals surface area contributed by atoms with Crippen LogP contribution in [-0.2, 0) is 7.05 Å². The van der Waals surface area contributed by atoms with Gasteiger partial charge in [-0.05, 0) is 24.6 Å². The fourth-order valence-electron chi connectivity index (χ4n) is 2.79. The predicted molar refractivity (Wildman–Crippen MR) is 79.6 cm³/mol. The standard InChI is InChI=1S/C15H21N5/c1-13(14-3-5-16-6-4-14)19-7-9-20(10-8-19)15-11-17-18(2)12-15/h3-6,11-13H,7-10H2,1-2H3. The first-order chi connectivity index (χ1) is 9.74. The summed E-state index contributed by atoms with van der Waals surface area (Å²) in [6.07, 6.45) is 7.78. The molecule has 0 aliphatic carbocycles. The van der Waals surface area contributed by atoms with E-state index < -0.39 is 0 Å². The van der Waals surface area contributed by atoms with Crippen molar-refractivity contribution in [2.24, 2.45) is 7.05 Å². The van der Waals surface area contributed by atoms with Gasteiger partial charge in [-0.15, -0.1) is 0 Å². The Morgan fingerprint density at radius 3 is 2.40 bits per heavy atom. The first-order valence-electron chi connectivity index (χ1n) is 7.11. The van der Waals surface area contributed by atoms with Crippen LogP contribution in [0.15, 0.2) is 36.9 Å². The molecule has 2 aromatic heterocycles. The Morgan fingerprint density at radius 2 is 1.80 bits per heavy atom. The van der Waals surface area contributed by atoms with Crippen molar-refractivity contribution < 1.29 is 0 Å². The maximum atomic E-state index is 4.25. The Hall–Kier alpha value is -1.88. The second-order valence-corrected chi connectivity index (χ2v) is 5.35. The average molecular weight is 271 g/mol. The molecule has 5 heteroatoms. The molecule has 2 aromatic rings. The third kappa shape index (κ3) is 2.67. The van der Waals surface area contributed by atoms with Gasteiger partial charge in [0.15, 0.2) is 0 Å². The zero-order valence-electron chi connectivity index (χ0n) is 12.1. The van der Waals surface area contributed by atoms with Gasteiger partial charge in [-0.2, -0.15) is 5.10 Å². The van der Waals surface area contributed by atoms with E-state index in [9.17, 15) is 0 Å². The van der Waals surface area contributed by atoms with Gasteiger partial charge in [-0.25, -0.2) is 0 Å². The number of nitrogens with zero attached hydrogens (tertiary/aromatic N) is 5. The first-order valence-corrected chi connectivity index (χ1v) is 7.11. The molecule has 5 nitrogen and oxygen atoms in total. The molecule has 3 rings (SSSR count). The van der Waals surface area contributed by atoms with Crippen LogP contribution in [0.2, 0.25) is 0 Å². The van der Waals surface area contributed by atoms with Crippen LogP contribution in [0.4, 0.5) is 5.69 Å². The summed E-state index contributed by atoms with van der Waals surface area (Å²) < 4.78 is 1.86. The number of piperazine rings is 1. The largest absolute Gasteiger partial charge is 0.366 e. The maximum Gasteiger partial charge on any atom is 0.0753 e. The van der Waals surface area contributed by atoms with Gasteiger partial charge in [0.2, 0.25) is 0 Å². The van der Waals surface area contributed by atoms with E-state index in [-0.39, 0.29) is 0 Å². The number of hydrogen-bond acceptors (Lipinski definition) is 4. The minimum atomic E-state index is 0.453. The molecule has 20 heavy (non-hydrogen) atoms. The second kappa shape index (κ2) is 5.63. The molecule has 3 heterocycles. The topological polar surface area (TPSA) is 37.2 Å². The fraction of sp³-hybridized carbons (Fsp3) is 0.467. The van der Waals surface area contributed by atoms with Crippen molar-refractivity contribution in [2.45, 2.75) is 13.0 Å². The lowest BCUT2D eigenvalue weighted by molar-refractivity contribution is 0.198. The van der Waals surface area contributed by atoms with E-state index in [0.717, 1.165) is 26.2 Å². The summed E-state index contributed by atoms with van der Waals surface area (Å²) in [5.74, 6) is 0. The smallest absolute Gasteiger partial charge is 0.0753 e. The van der Waals surface area contributed by atoms with Crippen molar-refractivity contribution in [3.8, 4) is 0 Å². The molecular formula is C15H21N5. The third-order valence-electron chi connectivity index (χ3n) is 4.11. The normalized spacial score (nSPS) is 18.2. The van der Waals surface area contributed by atoms with E-state index in [0.29, 0.717) is 6.04 Å². The number of aromatic nitrogens is 3. The highest BCUT2D eigenvalue weighted by Crippen LogP contribution is 2.22. The highest BCUT2D eigenvalue weighted by atomic mass is 15.3. The summed E-state index contributed by atoms with van der Waals surface area (Å²) in [7, 11) is 1.96. The quantitative estimate of drug-likeness (QED) is 0.851. The number of hydrogen-bond donors (Lipinski definition) is 0. The molecule has 1 aliphatic heterocycles. The molecule has 0 spiro atoms. The van der Waals surface area contributed by atoms with E-state index in [2.05, 4.69) is 45.1 Å². The van der Waals surface area contributed by atoms with Gasteiger partial charge in [-0.1, -0.05) is 0 Å². The zero-order valence-corrected chi connectivity index (χ0v) is 12.1. The summed E-state index contributed by atoms with van der Waals surface area (Å²) in [5.41, 5.74) is 2.57. The maximum absolute atomic E-state index is 4.25. The first kappa shape index (κ1) is 13.1. The lowest BCUT2D eigenvalue weighted by atomic mass is 10.1. The lowest BCUT2D eigenvalue weighted by Gasteiger charge is -2.38. The van der Waals surface area contributed by atoms with E-state index >= 15 is 0 Å². The predicted octanol–water partition coefficient (Wildman–Crippen LogP) is 1.70. The van der Waals surface area contributed by atoms with Crippen LogP contribution >= 0.6 is 0 Å². The van der Waals surface area contributed by atoms with E-state index in [4.69, 9.17) is 0 Å². The molecule has 0 bridgehead atoms. The van der Waals surface area contributed by atoms with Crippen LogP contribution in [0.25, 0.3) is 0 Å². The van der Waals surface area contributed by atoms with E-state index in [1.165, 1.54) is 11.3 Å². The molecule has 106 valence electrons. The van der Waals surface area contributed by atoms with Crippen molar-refractivity contribution in [2.75, 3.05) is 31.1 Å². The van der Waals surface area contributed by atoms with Gasteiger partial charge < -0.3 is 4.90 Å². The number of rotatable bonds is 3. The summed E-state index contributed by atoms with van der Waals surface area (Å²) in [5, 5.41) is 4.25. The molecule has 0 N–H and O–H groups in total. The fourth-order valence-corrected chi connectivity index (χ4v) is 2.79. The summed E-state index contributed by atoms with van der Waals surface area (Å²) >= 11 is 0. The molecule has 0 aromatic carbocycles. The molecule has 0 amide bonds. The van der Waals surface area contributed by atoms with Crippen molar-refractivity contribution in [3.63, 3.8) is 0 Å². The van der Waals surface area contributed by atoms with Crippen molar-refractivity contribution in [1.82, 2.24) is 19.7 Å². The Morgan fingerprint density at radius 1 is 1.10 bits per heavy atom. The van der Waals surface area contributed by atoms with Gasteiger partial charge in [0, 0.05) is 57.9 Å². The number of pyridine rings is 1.